The summed E-state index contributed by atoms with van der Waals surface area (Å²) in [5, 5.41) is 6.40. The fourth-order valence-electron chi connectivity index (χ4n) is 3.42. The minimum Gasteiger partial charge on any atom is -0.497 e. The number of rotatable bonds is 9. The Morgan fingerprint density at radius 2 is 1.97 bits per heavy atom. The number of ether oxygens (including phenoxy) is 2. The van der Waals surface area contributed by atoms with E-state index in [4.69, 9.17) is 9.47 Å². The quantitative estimate of drug-likeness (QED) is 0.299. The molecule has 1 aromatic carbocycles. The number of benzene rings is 1. The van der Waals surface area contributed by atoms with Crippen LogP contribution in [-0.4, -0.2) is 57.2 Å². The summed E-state index contributed by atoms with van der Waals surface area (Å²) < 4.78 is 10.7. The first-order valence-corrected chi connectivity index (χ1v) is 10.1. The molecule has 1 saturated carbocycles. The van der Waals surface area contributed by atoms with E-state index in [9.17, 15) is 4.79 Å². The van der Waals surface area contributed by atoms with Crippen molar-refractivity contribution >= 4 is 35.8 Å². The maximum Gasteiger partial charge on any atom is 0.222 e. The number of halogens is 1. The van der Waals surface area contributed by atoms with Crippen LogP contribution >= 0.6 is 24.0 Å². The zero-order valence-corrected chi connectivity index (χ0v) is 20.3. The maximum atomic E-state index is 12.1. The number of carbonyl (C=O) groups excluding carboxylic acids is 1. The van der Waals surface area contributed by atoms with Crippen LogP contribution in [0.3, 0.4) is 0 Å². The highest BCUT2D eigenvalue weighted by atomic mass is 127. The molecule has 8 heteroatoms. The molecule has 29 heavy (non-hydrogen) atoms. The van der Waals surface area contributed by atoms with Crippen LogP contribution in [0.1, 0.15) is 44.6 Å². The molecular formula is C21H35IN4O3. The number of carbonyl (C=O) groups is 1. The van der Waals surface area contributed by atoms with Crippen LogP contribution in [0.25, 0.3) is 0 Å². The summed E-state index contributed by atoms with van der Waals surface area (Å²) in [7, 11) is 5.27. The summed E-state index contributed by atoms with van der Waals surface area (Å²) in [5.41, 5.74) is 1.04. The number of nitrogens with one attached hydrogen (secondary N) is 2. The Morgan fingerprint density at radius 3 is 2.59 bits per heavy atom. The molecule has 0 aliphatic heterocycles. The molecule has 2 rings (SSSR count). The number of amides is 1. The molecule has 164 valence electrons. The van der Waals surface area contributed by atoms with Gasteiger partial charge >= 0.3 is 0 Å². The summed E-state index contributed by atoms with van der Waals surface area (Å²) in [6.07, 6.45) is 5.04. The SMILES string of the molecule is CCNC(=NCCC(=O)NC1CCCC1)N(C)Cc1ccc(OC)cc1OC.I. The van der Waals surface area contributed by atoms with Crippen molar-refractivity contribution in [3.05, 3.63) is 23.8 Å². The van der Waals surface area contributed by atoms with Gasteiger partial charge in [0.25, 0.3) is 0 Å². The second-order valence-electron chi connectivity index (χ2n) is 7.07. The molecule has 0 heterocycles. The molecule has 0 bridgehead atoms. The number of hydrogen-bond donors (Lipinski definition) is 2. The first kappa shape index (κ1) is 25.3. The van der Waals surface area contributed by atoms with E-state index in [1.807, 2.05) is 37.1 Å². The topological polar surface area (TPSA) is 75.2 Å². The lowest BCUT2D eigenvalue weighted by atomic mass is 10.2. The van der Waals surface area contributed by atoms with Gasteiger partial charge in [0.05, 0.1) is 20.8 Å². The minimum absolute atomic E-state index is 0. The van der Waals surface area contributed by atoms with Gasteiger partial charge in [0.2, 0.25) is 5.91 Å². The van der Waals surface area contributed by atoms with Gasteiger partial charge in [-0.05, 0) is 31.9 Å². The average Bonchev–Trinajstić information content (AvgIpc) is 3.20. The lowest BCUT2D eigenvalue weighted by molar-refractivity contribution is -0.121. The van der Waals surface area contributed by atoms with Crippen LogP contribution in [0.5, 0.6) is 11.5 Å². The van der Waals surface area contributed by atoms with Gasteiger partial charge in [-0.25, -0.2) is 0 Å². The zero-order valence-electron chi connectivity index (χ0n) is 18.0. The Bertz CT molecular complexity index is 663. The van der Waals surface area contributed by atoms with E-state index in [1.165, 1.54) is 12.8 Å². The van der Waals surface area contributed by atoms with Gasteiger partial charge in [0, 0.05) is 44.2 Å². The van der Waals surface area contributed by atoms with Crippen molar-refractivity contribution in [2.75, 3.05) is 34.4 Å². The predicted molar refractivity (Wildman–Crippen MR) is 127 cm³/mol. The average molecular weight is 518 g/mol. The Hall–Kier alpha value is -1.71. The number of nitrogens with zero attached hydrogens (tertiary/aromatic N) is 2. The zero-order chi connectivity index (χ0) is 20.4. The number of methoxy groups -OCH3 is 2. The smallest absolute Gasteiger partial charge is 0.222 e. The maximum absolute atomic E-state index is 12.1. The molecule has 0 radical (unpaired) electrons. The molecule has 0 unspecified atom stereocenters. The van der Waals surface area contributed by atoms with E-state index in [1.54, 1.807) is 14.2 Å². The fourth-order valence-corrected chi connectivity index (χ4v) is 3.42. The molecule has 0 aromatic heterocycles. The van der Waals surface area contributed by atoms with Gasteiger partial charge in [-0.15, -0.1) is 24.0 Å². The minimum atomic E-state index is 0. The Balaban J connectivity index is 0.00000420. The highest BCUT2D eigenvalue weighted by Crippen LogP contribution is 2.25. The van der Waals surface area contributed by atoms with Crippen molar-refractivity contribution in [3.8, 4) is 11.5 Å². The molecule has 1 aromatic rings. The first-order valence-electron chi connectivity index (χ1n) is 10.1. The normalized spacial score (nSPS) is 14.1. The monoisotopic (exact) mass is 518 g/mol. The van der Waals surface area contributed by atoms with E-state index in [2.05, 4.69) is 15.6 Å². The summed E-state index contributed by atoms with van der Waals surface area (Å²) in [4.78, 5) is 18.7. The molecule has 7 nitrogen and oxygen atoms in total. The van der Waals surface area contributed by atoms with Crippen molar-refractivity contribution in [1.82, 2.24) is 15.5 Å². The largest absolute Gasteiger partial charge is 0.497 e. The van der Waals surface area contributed by atoms with Crippen molar-refractivity contribution < 1.29 is 14.3 Å². The third-order valence-electron chi connectivity index (χ3n) is 4.92. The highest BCUT2D eigenvalue weighted by molar-refractivity contribution is 14.0. The van der Waals surface area contributed by atoms with Crippen LogP contribution in [0.2, 0.25) is 0 Å². The van der Waals surface area contributed by atoms with Crippen LogP contribution in [0.4, 0.5) is 0 Å². The number of aliphatic imine (C=N–C) groups is 1. The number of guanidine groups is 1. The van der Waals surface area contributed by atoms with Crippen molar-refractivity contribution in [2.24, 2.45) is 4.99 Å². The summed E-state index contributed by atoms with van der Waals surface area (Å²) in [5.74, 6) is 2.40. The highest BCUT2D eigenvalue weighted by Gasteiger charge is 2.17. The summed E-state index contributed by atoms with van der Waals surface area (Å²) >= 11 is 0. The lowest BCUT2D eigenvalue weighted by Crippen LogP contribution is -2.39. The molecule has 1 aliphatic carbocycles. The molecule has 1 aliphatic rings. The van der Waals surface area contributed by atoms with E-state index in [-0.39, 0.29) is 29.9 Å². The second-order valence-corrected chi connectivity index (χ2v) is 7.07. The summed E-state index contributed by atoms with van der Waals surface area (Å²) in [6.45, 7) is 3.89. The van der Waals surface area contributed by atoms with Crippen LogP contribution in [-0.2, 0) is 11.3 Å². The molecule has 1 amide bonds. The van der Waals surface area contributed by atoms with E-state index in [0.29, 0.717) is 25.6 Å². The standard InChI is InChI=1S/C21H34N4O3.HI/c1-5-22-21(23-13-12-20(26)24-17-8-6-7-9-17)25(2)15-16-10-11-18(27-3)14-19(16)28-4;/h10-11,14,17H,5-9,12-13,15H2,1-4H3,(H,22,23)(H,24,26);1H. The number of hydrogen-bond acceptors (Lipinski definition) is 4. The molecule has 1 fully saturated rings. The van der Waals surface area contributed by atoms with Gasteiger partial charge in [0.1, 0.15) is 11.5 Å². The van der Waals surface area contributed by atoms with Gasteiger partial charge in [0.15, 0.2) is 5.96 Å². The molecule has 2 N–H and O–H groups in total. The van der Waals surface area contributed by atoms with E-state index < -0.39 is 0 Å². The van der Waals surface area contributed by atoms with Gasteiger partial charge in [-0.1, -0.05) is 12.8 Å². The molecule has 0 spiro atoms. The fraction of sp³-hybridized carbons (Fsp3) is 0.619. The van der Waals surface area contributed by atoms with Gasteiger partial charge < -0.3 is 25.0 Å². The van der Waals surface area contributed by atoms with Crippen LogP contribution in [0, 0.1) is 0 Å². The van der Waals surface area contributed by atoms with E-state index in [0.717, 1.165) is 42.4 Å². The Labute approximate surface area is 191 Å². The van der Waals surface area contributed by atoms with E-state index >= 15 is 0 Å². The lowest BCUT2D eigenvalue weighted by Gasteiger charge is -2.23. The second kappa shape index (κ2) is 13.5. The Morgan fingerprint density at radius 1 is 1.24 bits per heavy atom. The third kappa shape index (κ3) is 8.28. The van der Waals surface area contributed by atoms with Gasteiger partial charge in [-0.3, -0.25) is 9.79 Å². The molecule has 0 saturated heterocycles. The van der Waals surface area contributed by atoms with Crippen molar-refractivity contribution in [3.63, 3.8) is 0 Å². The van der Waals surface area contributed by atoms with Crippen LogP contribution in [0.15, 0.2) is 23.2 Å². The molecule has 0 atom stereocenters. The molecular weight excluding hydrogens is 483 g/mol. The first-order chi connectivity index (χ1) is 13.6. The van der Waals surface area contributed by atoms with Crippen LogP contribution < -0.4 is 20.1 Å². The Kier molecular flexibility index (Phi) is 11.8. The third-order valence-corrected chi connectivity index (χ3v) is 4.92. The predicted octanol–water partition coefficient (Wildman–Crippen LogP) is 3.17. The summed E-state index contributed by atoms with van der Waals surface area (Å²) in [6, 6.07) is 6.14. The van der Waals surface area contributed by atoms with Crippen molar-refractivity contribution in [1.29, 1.82) is 0 Å². The van der Waals surface area contributed by atoms with Gasteiger partial charge in [-0.2, -0.15) is 0 Å². The van der Waals surface area contributed by atoms with Crippen molar-refractivity contribution in [2.45, 2.75) is 51.6 Å².